The van der Waals surface area contributed by atoms with Gasteiger partial charge in [0.15, 0.2) is 0 Å². The summed E-state index contributed by atoms with van der Waals surface area (Å²) in [5.74, 6) is -0.852. The lowest BCUT2D eigenvalue weighted by molar-refractivity contribution is -0.124. The van der Waals surface area contributed by atoms with Gasteiger partial charge in [-0.05, 0) is 24.3 Å². The van der Waals surface area contributed by atoms with E-state index < -0.39 is 0 Å². The first-order chi connectivity index (χ1) is 14.1. The van der Waals surface area contributed by atoms with Gasteiger partial charge in [-0.25, -0.2) is 4.39 Å². The zero-order valence-corrected chi connectivity index (χ0v) is 16.8. The van der Waals surface area contributed by atoms with Crippen LogP contribution in [0.4, 0.5) is 4.39 Å². The third-order valence-corrected chi connectivity index (χ3v) is 5.53. The van der Waals surface area contributed by atoms with Crippen LogP contribution in [0.5, 0.6) is 0 Å². The Hall–Kier alpha value is -2.55. The molecule has 0 atom stereocenters. The van der Waals surface area contributed by atoms with E-state index in [1.54, 1.807) is 24.3 Å². The first-order valence-corrected chi connectivity index (χ1v) is 10.3. The third kappa shape index (κ3) is 6.77. The Labute approximate surface area is 173 Å². The van der Waals surface area contributed by atoms with E-state index in [0.717, 1.165) is 42.6 Å². The average molecular weight is 418 g/mol. The molecule has 1 aliphatic rings. The van der Waals surface area contributed by atoms with Gasteiger partial charge in [0.25, 0.3) is 0 Å². The van der Waals surface area contributed by atoms with Gasteiger partial charge in [0.2, 0.25) is 11.8 Å². The number of carbonyl (C=O) groups is 2. The zero-order chi connectivity index (χ0) is 20.5. The Bertz CT molecular complexity index is 862. The van der Waals surface area contributed by atoms with Gasteiger partial charge in [0.1, 0.15) is 5.82 Å². The number of rotatable bonds is 8. The van der Waals surface area contributed by atoms with Crippen LogP contribution in [-0.2, 0) is 14.3 Å². The minimum atomic E-state index is -0.353. The van der Waals surface area contributed by atoms with Crippen molar-refractivity contribution < 1.29 is 18.7 Å². The maximum Gasteiger partial charge on any atom is 0.244 e. The number of hydrogen-bond donors (Lipinski definition) is 2. The van der Waals surface area contributed by atoms with Crippen molar-refractivity contribution in [3.05, 3.63) is 53.2 Å². The maximum atomic E-state index is 13.8. The molecule has 29 heavy (non-hydrogen) atoms. The topological polar surface area (TPSA) is 70.7 Å². The second-order valence-electron chi connectivity index (χ2n) is 6.54. The molecule has 6 nitrogen and oxygen atoms in total. The molecule has 0 radical (unpaired) electrons. The Morgan fingerprint density at radius 1 is 1.14 bits per heavy atom. The molecule has 2 heterocycles. The van der Waals surface area contributed by atoms with Crippen molar-refractivity contribution >= 4 is 29.2 Å². The molecule has 2 N–H and O–H groups in total. The molecule has 8 heteroatoms. The number of amides is 2. The van der Waals surface area contributed by atoms with E-state index in [-0.39, 0.29) is 24.2 Å². The smallest absolute Gasteiger partial charge is 0.244 e. The van der Waals surface area contributed by atoms with E-state index in [2.05, 4.69) is 15.5 Å². The van der Waals surface area contributed by atoms with Crippen LogP contribution in [0.25, 0.3) is 16.5 Å². The lowest BCUT2D eigenvalue weighted by Crippen LogP contribution is -2.43. The van der Waals surface area contributed by atoms with Crippen LogP contribution in [-0.4, -0.2) is 62.7 Å². The number of ether oxygens (including phenoxy) is 1. The summed E-state index contributed by atoms with van der Waals surface area (Å²) in [7, 11) is 0. The number of nitrogens with one attached hydrogen (secondary N) is 2. The fourth-order valence-corrected chi connectivity index (χ4v) is 3.81. The molecule has 154 valence electrons. The number of nitrogens with zero attached hydrogens (tertiary/aromatic N) is 1. The summed E-state index contributed by atoms with van der Waals surface area (Å²) < 4.78 is 19.1. The van der Waals surface area contributed by atoms with Gasteiger partial charge >= 0.3 is 0 Å². The van der Waals surface area contributed by atoms with Gasteiger partial charge < -0.3 is 15.4 Å². The number of hydrogen-bond acceptors (Lipinski definition) is 5. The van der Waals surface area contributed by atoms with Crippen LogP contribution in [0.2, 0.25) is 0 Å². The Balaban J connectivity index is 1.38. The zero-order valence-electron chi connectivity index (χ0n) is 16.0. The summed E-state index contributed by atoms with van der Waals surface area (Å²) in [4.78, 5) is 27.6. The highest BCUT2D eigenvalue weighted by Gasteiger charge is 2.10. The predicted molar refractivity (Wildman–Crippen MR) is 112 cm³/mol. The van der Waals surface area contributed by atoms with E-state index in [1.165, 1.54) is 23.5 Å². The fraction of sp³-hybridized carbons (Fsp3) is 0.333. The number of carbonyl (C=O) groups excluding carboxylic acids is 2. The Morgan fingerprint density at radius 2 is 1.93 bits per heavy atom. The highest BCUT2D eigenvalue weighted by molar-refractivity contribution is 7.16. The summed E-state index contributed by atoms with van der Waals surface area (Å²) in [6.45, 7) is 4.43. The van der Waals surface area contributed by atoms with Crippen molar-refractivity contribution in [3.63, 3.8) is 0 Å². The minimum absolute atomic E-state index is 0.0722. The number of halogens is 1. The van der Waals surface area contributed by atoms with Gasteiger partial charge in [-0.2, -0.15) is 0 Å². The first kappa shape index (κ1) is 21.2. The van der Waals surface area contributed by atoms with Crippen molar-refractivity contribution in [3.8, 4) is 10.4 Å². The van der Waals surface area contributed by atoms with E-state index in [1.807, 2.05) is 12.1 Å². The van der Waals surface area contributed by atoms with Crippen molar-refractivity contribution in [1.82, 2.24) is 15.5 Å². The van der Waals surface area contributed by atoms with Crippen LogP contribution in [0.15, 0.2) is 42.5 Å². The average Bonchev–Trinajstić information content (AvgIpc) is 3.21. The van der Waals surface area contributed by atoms with Gasteiger partial charge in [-0.1, -0.05) is 18.2 Å². The minimum Gasteiger partial charge on any atom is -0.379 e. The standard InChI is InChI=1S/C21H24FN3O3S/c22-18-4-2-1-3-17(18)19-7-5-16(29-19)6-8-20(26)24-15-21(27)23-9-10-25-11-13-28-14-12-25/h1-8H,9-15H2,(H,23,27)(H,24,26). The molecule has 1 fully saturated rings. The molecular weight excluding hydrogens is 393 g/mol. The van der Waals surface area contributed by atoms with Gasteiger partial charge in [0, 0.05) is 47.6 Å². The molecule has 0 unspecified atom stereocenters. The van der Waals surface area contributed by atoms with Crippen LogP contribution >= 0.6 is 11.3 Å². The van der Waals surface area contributed by atoms with Crippen molar-refractivity contribution in [2.45, 2.75) is 0 Å². The Kier molecular flexibility index (Phi) is 7.92. The molecule has 1 aromatic heterocycles. The molecule has 2 amide bonds. The Morgan fingerprint density at radius 3 is 2.72 bits per heavy atom. The predicted octanol–water partition coefficient (Wildman–Crippen LogP) is 2.13. The van der Waals surface area contributed by atoms with Crippen molar-refractivity contribution in [1.29, 1.82) is 0 Å². The molecule has 1 aromatic carbocycles. The van der Waals surface area contributed by atoms with Crippen molar-refractivity contribution in [2.24, 2.45) is 0 Å². The maximum absolute atomic E-state index is 13.8. The van der Waals surface area contributed by atoms with Crippen LogP contribution < -0.4 is 10.6 Å². The summed E-state index contributed by atoms with van der Waals surface area (Å²) >= 11 is 1.39. The van der Waals surface area contributed by atoms with E-state index in [4.69, 9.17) is 4.74 Å². The molecule has 0 saturated carbocycles. The molecule has 2 aromatic rings. The summed E-state index contributed by atoms with van der Waals surface area (Å²) in [5, 5.41) is 5.35. The lowest BCUT2D eigenvalue weighted by atomic mass is 10.2. The van der Waals surface area contributed by atoms with E-state index >= 15 is 0 Å². The third-order valence-electron chi connectivity index (χ3n) is 4.44. The van der Waals surface area contributed by atoms with Crippen LogP contribution in [0.3, 0.4) is 0 Å². The molecule has 1 saturated heterocycles. The SMILES string of the molecule is O=C(C=Cc1ccc(-c2ccccc2F)s1)NCC(=O)NCCN1CCOCC1. The quantitative estimate of drug-likeness (QED) is 0.646. The number of thiophene rings is 1. The molecular formula is C21H24FN3O3S. The lowest BCUT2D eigenvalue weighted by Gasteiger charge is -2.26. The molecule has 1 aliphatic heterocycles. The number of morpholine rings is 1. The highest BCUT2D eigenvalue weighted by Crippen LogP contribution is 2.30. The molecule has 0 spiro atoms. The number of benzene rings is 1. The summed E-state index contributed by atoms with van der Waals surface area (Å²) in [6, 6.07) is 10.2. The largest absolute Gasteiger partial charge is 0.379 e. The second-order valence-corrected chi connectivity index (χ2v) is 7.65. The molecule has 0 bridgehead atoms. The van der Waals surface area contributed by atoms with Gasteiger partial charge in [0.05, 0.1) is 19.8 Å². The van der Waals surface area contributed by atoms with Crippen LogP contribution in [0, 0.1) is 5.82 Å². The summed E-state index contributed by atoms with van der Waals surface area (Å²) in [5.41, 5.74) is 0.537. The second kappa shape index (κ2) is 10.8. The van der Waals surface area contributed by atoms with Crippen LogP contribution in [0.1, 0.15) is 4.88 Å². The monoisotopic (exact) mass is 417 g/mol. The van der Waals surface area contributed by atoms with E-state index in [9.17, 15) is 14.0 Å². The van der Waals surface area contributed by atoms with Crippen molar-refractivity contribution in [2.75, 3.05) is 45.9 Å². The van der Waals surface area contributed by atoms with Gasteiger partial charge in [-0.3, -0.25) is 14.5 Å². The normalized spacial score (nSPS) is 14.8. The van der Waals surface area contributed by atoms with E-state index in [0.29, 0.717) is 12.1 Å². The fourth-order valence-electron chi connectivity index (χ4n) is 2.87. The van der Waals surface area contributed by atoms with Gasteiger partial charge in [-0.15, -0.1) is 11.3 Å². The summed E-state index contributed by atoms with van der Waals surface area (Å²) in [6.07, 6.45) is 3.03. The highest BCUT2D eigenvalue weighted by atomic mass is 32.1. The first-order valence-electron chi connectivity index (χ1n) is 9.49. The molecule has 3 rings (SSSR count). The molecule has 0 aliphatic carbocycles.